The van der Waals surface area contributed by atoms with E-state index in [0.717, 1.165) is 74.3 Å². The van der Waals surface area contributed by atoms with E-state index in [4.69, 9.17) is 4.74 Å². The lowest BCUT2D eigenvalue weighted by Crippen LogP contribution is -2.52. The number of anilines is 4. The Bertz CT molecular complexity index is 2130. The molecule has 12 heteroatoms. The molecule has 1 aliphatic carbocycles. The zero-order chi connectivity index (χ0) is 31.3. The summed E-state index contributed by atoms with van der Waals surface area (Å²) in [4.78, 5) is 30.1. The van der Waals surface area contributed by atoms with Gasteiger partial charge in [0.1, 0.15) is 34.8 Å². The van der Waals surface area contributed by atoms with Crippen LogP contribution in [0.25, 0.3) is 26.3 Å². The molecule has 2 aliphatic rings. The molecule has 1 aliphatic heterocycles. The number of hydrogen-bond donors (Lipinski definition) is 3. The fourth-order valence-corrected chi connectivity index (χ4v) is 6.95. The number of nitrogens with zero attached hydrogens (tertiary/aromatic N) is 6. The molecule has 1 amide bonds. The Morgan fingerprint density at radius 1 is 1.09 bits per heavy atom. The zero-order valence-corrected chi connectivity index (χ0v) is 26.0. The van der Waals surface area contributed by atoms with Crippen molar-refractivity contribution in [2.45, 2.75) is 25.3 Å². The van der Waals surface area contributed by atoms with Gasteiger partial charge >= 0.3 is 0 Å². The third kappa shape index (κ3) is 5.41. The maximum Gasteiger partial charge on any atom is 0.247 e. The van der Waals surface area contributed by atoms with Crippen molar-refractivity contribution in [3.8, 4) is 21.9 Å². The van der Waals surface area contributed by atoms with Gasteiger partial charge in [-0.2, -0.15) is 5.10 Å². The molecular weight excluding hydrogens is 599 g/mol. The number of benzene rings is 2. The fraction of sp³-hybridized carbons (Fsp3) is 0.206. The summed E-state index contributed by atoms with van der Waals surface area (Å²) in [5, 5.41) is 15.2. The van der Waals surface area contributed by atoms with Crippen molar-refractivity contribution >= 4 is 56.0 Å². The van der Waals surface area contributed by atoms with Crippen molar-refractivity contribution in [3.05, 3.63) is 91.7 Å². The summed E-state index contributed by atoms with van der Waals surface area (Å²) in [6.07, 6.45) is 8.59. The maximum atomic E-state index is 12.4. The van der Waals surface area contributed by atoms with Crippen LogP contribution in [0.15, 0.2) is 86.1 Å². The van der Waals surface area contributed by atoms with Crippen molar-refractivity contribution in [1.82, 2.24) is 29.9 Å². The molecule has 11 nitrogen and oxygen atoms in total. The van der Waals surface area contributed by atoms with Gasteiger partial charge in [0, 0.05) is 48.0 Å². The lowest BCUT2D eigenvalue weighted by atomic mass is 10.1. The Morgan fingerprint density at radius 3 is 2.85 bits per heavy atom. The van der Waals surface area contributed by atoms with Crippen LogP contribution < -0.4 is 25.6 Å². The molecule has 0 radical (unpaired) electrons. The topological polar surface area (TPSA) is 122 Å². The molecule has 0 atom stereocenters. The summed E-state index contributed by atoms with van der Waals surface area (Å²) >= 11 is 1.59. The summed E-state index contributed by atoms with van der Waals surface area (Å²) in [6.45, 7) is 8.41. The van der Waals surface area contributed by atoms with Crippen LogP contribution in [0.4, 0.5) is 22.9 Å². The highest BCUT2D eigenvalue weighted by molar-refractivity contribution is 7.21. The van der Waals surface area contributed by atoms with Crippen molar-refractivity contribution in [1.29, 1.82) is 0 Å². The molecule has 46 heavy (non-hydrogen) atoms. The lowest BCUT2D eigenvalue weighted by molar-refractivity contribution is -0.111. The van der Waals surface area contributed by atoms with Crippen LogP contribution in [-0.2, 0) is 4.79 Å². The Balaban J connectivity index is 1.06. The SMILES string of the molecule is C=CC(=O)Nc1cc(-c2cc3c(Nc4ccc(Oc5ccn6ncnc6c5)c(C)c4)ncnc3s2)ccc1N1CCNC2(CC2)C1. The molecule has 2 fully saturated rings. The molecule has 0 unspecified atom stereocenters. The standard InChI is InChI=1S/C34H31N9O2S/c1-3-31(44)41-26-15-22(4-6-27(26)42-13-11-38-34(18-42)9-10-34)29-17-25-32(36-19-37-33(25)46-29)40-23-5-7-28(21(2)14-23)45-24-8-12-43-30(16-24)35-20-39-43/h3-8,12,14-17,19-20,38H,1,9-11,13,18H2,2H3,(H,41,44)(H,36,37,40). The van der Waals surface area contributed by atoms with Crippen LogP contribution in [0.5, 0.6) is 11.5 Å². The highest BCUT2D eigenvalue weighted by Crippen LogP contribution is 2.42. The molecule has 2 aromatic carbocycles. The predicted molar refractivity (Wildman–Crippen MR) is 181 cm³/mol. The Morgan fingerprint density at radius 2 is 2.00 bits per heavy atom. The van der Waals surface area contributed by atoms with E-state index >= 15 is 0 Å². The number of aromatic nitrogens is 5. The third-order valence-electron chi connectivity index (χ3n) is 8.54. The molecule has 0 bridgehead atoms. The second-order valence-electron chi connectivity index (χ2n) is 11.7. The highest BCUT2D eigenvalue weighted by atomic mass is 32.1. The van der Waals surface area contributed by atoms with Crippen LogP contribution in [-0.4, -0.2) is 55.6 Å². The van der Waals surface area contributed by atoms with Gasteiger partial charge in [0.05, 0.1) is 16.8 Å². The van der Waals surface area contributed by atoms with E-state index in [-0.39, 0.29) is 11.4 Å². The summed E-state index contributed by atoms with van der Waals surface area (Å²) in [5.74, 6) is 1.92. The molecule has 4 aromatic heterocycles. The van der Waals surface area contributed by atoms with E-state index in [2.05, 4.69) is 65.7 Å². The minimum atomic E-state index is -0.230. The van der Waals surface area contributed by atoms with Crippen LogP contribution in [0.2, 0.25) is 0 Å². The van der Waals surface area contributed by atoms with Crippen molar-refractivity contribution in [2.75, 3.05) is 35.2 Å². The van der Waals surface area contributed by atoms with Gasteiger partial charge in [0.15, 0.2) is 5.65 Å². The quantitative estimate of drug-likeness (QED) is 0.166. The second-order valence-corrected chi connectivity index (χ2v) is 12.8. The maximum absolute atomic E-state index is 12.4. The number of aryl methyl sites for hydroxylation is 1. The third-order valence-corrected chi connectivity index (χ3v) is 9.63. The van der Waals surface area contributed by atoms with Gasteiger partial charge < -0.3 is 25.6 Å². The monoisotopic (exact) mass is 629 g/mol. The number of piperazine rings is 1. The molecule has 3 N–H and O–H groups in total. The molecule has 1 saturated carbocycles. The van der Waals surface area contributed by atoms with E-state index < -0.39 is 0 Å². The number of amides is 1. The number of thiophene rings is 1. The summed E-state index contributed by atoms with van der Waals surface area (Å²) in [7, 11) is 0. The number of nitrogens with one attached hydrogen (secondary N) is 3. The normalized spacial score (nSPS) is 15.3. The van der Waals surface area contributed by atoms with E-state index in [1.807, 2.05) is 49.5 Å². The van der Waals surface area contributed by atoms with Crippen LogP contribution >= 0.6 is 11.3 Å². The average molecular weight is 630 g/mol. The van der Waals surface area contributed by atoms with E-state index in [0.29, 0.717) is 11.6 Å². The Kier molecular flexibility index (Phi) is 6.88. The first kappa shape index (κ1) is 28.2. The van der Waals surface area contributed by atoms with Gasteiger partial charge in [-0.3, -0.25) is 4.79 Å². The molecule has 6 aromatic rings. The van der Waals surface area contributed by atoms with Gasteiger partial charge in [0.25, 0.3) is 0 Å². The van der Waals surface area contributed by atoms with Gasteiger partial charge in [-0.1, -0.05) is 12.6 Å². The van der Waals surface area contributed by atoms with Crippen molar-refractivity contribution < 1.29 is 9.53 Å². The van der Waals surface area contributed by atoms with Gasteiger partial charge in [-0.05, 0) is 79.4 Å². The van der Waals surface area contributed by atoms with Gasteiger partial charge in [-0.15, -0.1) is 11.3 Å². The van der Waals surface area contributed by atoms with E-state index in [1.54, 1.807) is 22.2 Å². The molecular formula is C34H31N9O2S. The van der Waals surface area contributed by atoms with E-state index in [1.165, 1.54) is 25.2 Å². The number of carbonyl (C=O) groups excluding carboxylic acids is 1. The molecule has 230 valence electrons. The molecule has 1 saturated heterocycles. The first-order chi connectivity index (χ1) is 22.4. The average Bonchev–Trinajstić information content (AvgIpc) is 3.43. The Hall–Kier alpha value is -5.33. The highest BCUT2D eigenvalue weighted by Gasteiger charge is 2.45. The number of rotatable bonds is 8. The number of ether oxygens (including phenoxy) is 1. The fourth-order valence-electron chi connectivity index (χ4n) is 5.96. The number of carbonyl (C=O) groups is 1. The summed E-state index contributed by atoms with van der Waals surface area (Å²) in [6, 6.07) is 18.0. The van der Waals surface area contributed by atoms with Crippen molar-refractivity contribution in [3.63, 3.8) is 0 Å². The second kappa shape index (κ2) is 11.2. The molecule has 5 heterocycles. The van der Waals surface area contributed by atoms with Crippen LogP contribution in [0.1, 0.15) is 18.4 Å². The number of fused-ring (bicyclic) bond motifs is 2. The molecule has 8 rings (SSSR count). The summed E-state index contributed by atoms with van der Waals surface area (Å²) in [5.41, 5.74) is 5.58. The predicted octanol–water partition coefficient (Wildman–Crippen LogP) is 6.31. The first-order valence-corrected chi connectivity index (χ1v) is 15.9. The Labute approximate surface area is 269 Å². The first-order valence-electron chi connectivity index (χ1n) is 15.1. The summed E-state index contributed by atoms with van der Waals surface area (Å²) < 4.78 is 7.84. The number of hydrogen-bond acceptors (Lipinski definition) is 10. The van der Waals surface area contributed by atoms with Crippen LogP contribution in [0.3, 0.4) is 0 Å². The zero-order valence-electron chi connectivity index (χ0n) is 25.2. The largest absolute Gasteiger partial charge is 0.457 e. The lowest BCUT2D eigenvalue weighted by Gasteiger charge is -2.36. The minimum Gasteiger partial charge on any atom is -0.457 e. The van der Waals surface area contributed by atoms with Gasteiger partial charge in [-0.25, -0.2) is 19.5 Å². The van der Waals surface area contributed by atoms with Crippen LogP contribution in [0, 0.1) is 6.92 Å². The minimum absolute atomic E-state index is 0.212. The molecule has 1 spiro atoms. The number of pyridine rings is 1. The smallest absolute Gasteiger partial charge is 0.247 e. The van der Waals surface area contributed by atoms with Gasteiger partial charge in [0.2, 0.25) is 5.91 Å². The van der Waals surface area contributed by atoms with Crippen molar-refractivity contribution in [2.24, 2.45) is 0 Å². The van der Waals surface area contributed by atoms with E-state index in [9.17, 15) is 4.79 Å².